The molecule has 2 rings (SSSR count). The van der Waals surface area contributed by atoms with Gasteiger partial charge in [-0.15, -0.1) is 11.8 Å². The molecule has 4 nitrogen and oxygen atoms in total. The van der Waals surface area contributed by atoms with Crippen LogP contribution in [0, 0.1) is 0 Å². The van der Waals surface area contributed by atoms with E-state index in [1.807, 2.05) is 24.3 Å². The number of nitrogens with one attached hydrogen (secondary N) is 1. The van der Waals surface area contributed by atoms with Crippen LogP contribution in [0.2, 0.25) is 0 Å². The predicted molar refractivity (Wildman–Crippen MR) is 67.2 cm³/mol. The highest BCUT2D eigenvalue weighted by atomic mass is 32.2. The van der Waals surface area contributed by atoms with Gasteiger partial charge in [-0.25, -0.2) is 0 Å². The van der Waals surface area contributed by atoms with E-state index >= 15 is 0 Å². The summed E-state index contributed by atoms with van der Waals surface area (Å²) in [4.78, 5) is 11.5. The van der Waals surface area contributed by atoms with Crippen molar-refractivity contribution >= 4 is 17.7 Å². The number of hydrogen-bond donors (Lipinski definition) is 2. The maximum atomic E-state index is 11.5. The molecule has 17 heavy (non-hydrogen) atoms. The van der Waals surface area contributed by atoms with Crippen LogP contribution in [0.3, 0.4) is 0 Å². The molecule has 92 valence electrons. The van der Waals surface area contributed by atoms with E-state index in [4.69, 9.17) is 4.74 Å². The van der Waals surface area contributed by atoms with E-state index in [0.29, 0.717) is 6.54 Å². The van der Waals surface area contributed by atoms with Crippen LogP contribution in [0.4, 0.5) is 0 Å². The third-order valence-electron chi connectivity index (χ3n) is 2.70. The van der Waals surface area contributed by atoms with Crippen LogP contribution in [-0.4, -0.2) is 36.5 Å². The molecule has 2 unspecified atom stereocenters. The molecule has 1 aromatic rings. The third-order valence-corrected chi connectivity index (χ3v) is 4.03. The van der Waals surface area contributed by atoms with Gasteiger partial charge in [0.15, 0.2) is 0 Å². The number of rotatable bonds is 2. The highest BCUT2D eigenvalue weighted by Gasteiger charge is 2.29. The largest absolute Gasteiger partial charge is 0.497 e. The van der Waals surface area contributed by atoms with Crippen LogP contribution < -0.4 is 10.1 Å². The molecule has 1 amide bonds. The molecule has 1 aromatic carbocycles. The Balaban J connectivity index is 2.20. The summed E-state index contributed by atoms with van der Waals surface area (Å²) in [6.07, 6.45) is -0.990. The van der Waals surface area contributed by atoms with Crippen molar-refractivity contribution in [1.82, 2.24) is 5.32 Å². The maximum absolute atomic E-state index is 11.5. The molecule has 0 bridgehead atoms. The summed E-state index contributed by atoms with van der Waals surface area (Å²) in [6.45, 7) is 0.604. The zero-order valence-corrected chi connectivity index (χ0v) is 10.4. The average molecular weight is 253 g/mol. The fourth-order valence-electron chi connectivity index (χ4n) is 1.77. The lowest BCUT2D eigenvalue weighted by Gasteiger charge is -2.18. The average Bonchev–Trinajstić information content (AvgIpc) is 2.53. The Morgan fingerprint density at radius 1 is 1.41 bits per heavy atom. The van der Waals surface area contributed by atoms with E-state index in [9.17, 15) is 9.90 Å². The van der Waals surface area contributed by atoms with Crippen molar-refractivity contribution in [2.45, 2.75) is 11.4 Å². The van der Waals surface area contributed by atoms with Crippen LogP contribution >= 0.6 is 11.8 Å². The van der Waals surface area contributed by atoms with Crippen LogP contribution in [0.1, 0.15) is 10.8 Å². The Morgan fingerprint density at radius 2 is 2.12 bits per heavy atom. The van der Waals surface area contributed by atoms with Crippen LogP contribution in [0.25, 0.3) is 0 Å². The van der Waals surface area contributed by atoms with Crippen molar-refractivity contribution in [3.05, 3.63) is 29.8 Å². The summed E-state index contributed by atoms with van der Waals surface area (Å²) in [7, 11) is 1.61. The van der Waals surface area contributed by atoms with Crippen molar-refractivity contribution < 1.29 is 14.6 Å². The van der Waals surface area contributed by atoms with Crippen molar-refractivity contribution in [3.8, 4) is 5.75 Å². The van der Waals surface area contributed by atoms with Gasteiger partial charge in [-0.2, -0.15) is 0 Å². The van der Waals surface area contributed by atoms with E-state index in [1.54, 1.807) is 18.9 Å². The summed E-state index contributed by atoms with van der Waals surface area (Å²) in [5.41, 5.74) is 0.945. The van der Waals surface area contributed by atoms with Gasteiger partial charge < -0.3 is 15.2 Å². The first-order valence-corrected chi connectivity index (χ1v) is 6.48. The minimum Gasteiger partial charge on any atom is -0.497 e. The molecule has 0 spiro atoms. The van der Waals surface area contributed by atoms with Gasteiger partial charge in [-0.1, -0.05) is 12.1 Å². The second-order valence-electron chi connectivity index (χ2n) is 3.80. The lowest BCUT2D eigenvalue weighted by Crippen LogP contribution is -2.35. The van der Waals surface area contributed by atoms with E-state index < -0.39 is 6.10 Å². The second kappa shape index (κ2) is 5.42. The number of aliphatic hydroxyl groups is 1. The van der Waals surface area contributed by atoms with Gasteiger partial charge in [0.05, 0.1) is 12.4 Å². The first-order chi connectivity index (χ1) is 8.22. The summed E-state index contributed by atoms with van der Waals surface area (Å²) in [5, 5.41) is 12.4. The zero-order valence-electron chi connectivity index (χ0n) is 9.55. The van der Waals surface area contributed by atoms with Crippen molar-refractivity contribution in [2.24, 2.45) is 0 Å². The fraction of sp³-hybridized carbons (Fsp3) is 0.417. The van der Waals surface area contributed by atoms with Gasteiger partial charge in [0, 0.05) is 12.3 Å². The number of thioether (sulfide) groups is 1. The molecule has 1 aliphatic rings. The van der Waals surface area contributed by atoms with Gasteiger partial charge >= 0.3 is 0 Å². The molecular weight excluding hydrogens is 238 g/mol. The van der Waals surface area contributed by atoms with Crippen LogP contribution in [-0.2, 0) is 4.79 Å². The molecule has 1 heterocycles. The Hall–Kier alpha value is -1.20. The molecule has 0 aromatic heterocycles. The van der Waals surface area contributed by atoms with Crippen LogP contribution in [0.5, 0.6) is 5.75 Å². The summed E-state index contributed by atoms with van der Waals surface area (Å²) in [5.74, 6) is 1.28. The van der Waals surface area contributed by atoms with Crippen LogP contribution in [0.15, 0.2) is 24.3 Å². The van der Waals surface area contributed by atoms with E-state index in [2.05, 4.69) is 5.32 Å². The van der Waals surface area contributed by atoms with Crippen molar-refractivity contribution in [3.63, 3.8) is 0 Å². The third kappa shape index (κ3) is 2.73. The van der Waals surface area contributed by atoms with E-state index in [-0.39, 0.29) is 11.2 Å². The highest BCUT2D eigenvalue weighted by molar-refractivity contribution is 7.99. The quantitative estimate of drug-likeness (QED) is 0.824. The van der Waals surface area contributed by atoms with Gasteiger partial charge in [0.25, 0.3) is 0 Å². The molecule has 5 heteroatoms. The Bertz CT molecular complexity index is 393. The number of aliphatic hydroxyl groups excluding tert-OH is 1. The summed E-state index contributed by atoms with van der Waals surface area (Å²) >= 11 is 1.59. The number of carbonyl (C=O) groups excluding carboxylic acids is 1. The summed E-state index contributed by atoms with van der Waals surface area (Å²) < 4.78 is 5.08. The lowest BCUT2D eigenvalue weighted by atomic mass is 10.1. The molecule has 0 saturated carbocycles. The van der Waals surface area contributed by atoms with Gasteiger partial charge in [0.2, 0.25) is 5.91 Å². The van der Waals surface area contributed by atoms with E-state index in [0.717, 1.165) is 17.1 Å². The molecule has 0 radical (unpaired) electrons. The molecular formula is C12H15NO3S. The number of benzene rings is 1. The van der Waals surface area contributed by atoms with Gasteiger partial charge in [-0.05, 0) is 17.7 Å². The predicted octanol–water partition coefficient (Wildman–Crippen LogP) is 0.960. The SMILES string of the molecule is COc1ccc(C2SCCNC(=O)C2O)cc1. The van der Waals surface area contributed by atoms with Gasteiger partial charge in [0.1, 0.15) is 11.9 Å². The fourth-order valence-corrected chi connectivity index (χ4v) is 2.89. The standard InChI is InChI=1S/C12H15NO3S/c1-16-9-4-2-8(3-5-9)11-10(14)12(15)13-6-7-17-11/h2-5,10-11,14H,6-7H2,1H3,(H,13,15). The minimum atomic E-state index is -0.990. The Morgan fingerprint density at radius 3 is 2.76 bits per heavy atom. The minimum absolute atomic E-state index is 0.205. The molecule has 2 atom stereocenters. The smallest absolute Gasteiger partial charge is 0.250 e. The number of methoxy groups -OCH3 is 1. The molecule has 1 saturated heterocycles. The first-order valence-electron chi connectivity index (χ1n) is 5.43. The topological polar surface area (TPSA) is 58.6 Å². The first kappa shape index (κ1) is 12.3. The van der Waals surface area contributed by atoms with Crippen molar-refractivity contribution in [1.29, 1.82) is 0 Å². The number of carbonyl (C=O) groups is 1. The molecule has 2 N–H and O–H groups in total. The molecule has 0 aliphatic carbocycles. The van der Waals surface area contributed by atoms with Gasteiger partial charge in [-0.3, -0.25) is 4.79 Å². The van der Waals surface area contributed by atoms with Crippen molar-refractivity contribution in [2.75, 3.05) is 19.4 Å². The number of amides is 1. The normalized spacial score (nSPS) is 24.9. The molecule has 1 aliphatic heterocycles. The zero-order chi connectivity index (χ0) is 12.3. The van der Waals surface area contributed by atoms with E-state index in [1.165, 1.54) is 0 Å². The Kier molecular flexibility index (Phi) is 3.91. The highest BCUT2D eigenvalue weighted by Crippen LogP contribution is 2.34. The number of hydrogen-bond acceptors (Lipinski definition) is 4. The Labute approximate surface area is 104 Å². The molecule has 1 fully saturated rings. The number of ether oxygens (including phenoxy) is 1. The lowest BCUT2D eigenvalue weighted by molar-refractivity contribution is -0.129. The maximum Gasteiger partial charge on any atom is 0.250 e. The second-order valence-corrected chi connectivity index (χ2v) is 5.05. The summed E-state index contributed by atoms with van der Waals surface area (Å²) in [6, 6.07) is 7.45. The monoisotopic (exact) mass is 253 g/mol.